The number of ether oxygens (including phenoxy) is 2. The molecule has 0 spiro atoms. The van der Waals surface area contributed by atoms with Crippen LogP contribution in [-0.4, -0.2) is 11.7 Å². The largest absolute Gasteiger partial charge is 0.493 e. The van der Waals surface area contributed by atoms with E-state index in [0.29, 0.717) is 26.4 Å². The zero-order chi connectivity index (χ0) is 30.4. The molecule has 0 bridgehead atoms. The van der Waals surface area contributed by atoms with Gasteiger partial charge in [-0.15, -0.1) is 0 Å². The van der Waals surface area contributed by atoms with E-state index in [-0.39, 0.29) is 29.8 Å². The molecule has 1 aliphatic heterocycles. The number of halogens is 3. The molecule has 220 valence electrons. The molecule has 2 aliphatic rings. The maximum absolute atomic E-state index is 14.2. The predicted octanol–water partition coefficient (Wildman–Crippen LogP) is 6.79. The molecule has 0 saturated carbocycles. The van der Waals surface area contributed by atoms with Crippen LogP contribution in [0.15, 0.2) is 100 Å². The average molecular weight is 719 g/mol. The Bertz CT molecular complexity index is 2140. The lowest BCUT2D eigenvalue weighted by Crippen LogP contribution is -2.38. The minimum absolute atomic E-state index is 0.0498. The van der Waals surface area contributed by atoms with Crippen molar-refractivity contribution in [2.75, 3.05) is 7.11 Å². The number of aryl methyl sites for hydroxylation is 1. The van der Waals surface area contributed by atoms with Crippen molar-refractivity contribution in [3.8, 4) is 11.5 Å². The van der Waals surface area contributed by atoms with E-state index in [1.165, 1.54) is 35.1 Å². The first-order chi connectivity index (χ1) is 21.4. The molecule has 4 aromatic carbocycles. The molecular formula is C35H25F2IN2O3S. The molecule has 0 radical (unpaired) electrons. The summed E-state index contributed by atoms with van der Waals surface area (Å²) in [6.07, 6.45) is 3.43. The van der Waals surface area contributed by atoms with Gasteiger partial charge in [0.15, 0.2) is 16.3 Å². The lowest BCUT2D eigenvalue weighted by Gasteiger charge is -2.30. The van der Waals surface area contributed by atoms with Crippen LogP contribution in [-0.2, 0) is 13.0 Å². The molecule has 1 aromatic heterocycles. The summed E-state index contributed by atoms with van der Waals surface area (Å²) in [5.74, 6) is 0.313. The molecule has 5 aromatic rings. The van der Waals surface area contributed by atoms with Gasteiger partial charge in [-0.05, 0) is 94.1 Å². The number of thiazole rings is 1. The van der Waals surface area contributed by atoms with Gasteiger partial charge in [-0.3, -0.25) is 9.36 Å². The molecule has 0 fully saturated rings. The average Bonchev–Trinajstić information content (AvgIpc) is 3.34. The maximum atomic E-state index is 14.2. The van der Waals surface area contributed by atoms with E-state index in [1.807, 2.05) is 24.3 Å². The molecule has 2 heterocycles. The van der Waals surface area contributed by atoms with Gasteiger partial charge in [0.05, 0.1) is 27.0 Å². The monoisotopic (exact) mass is 718 g/mol. The van der Waals surface area contributed by atoms with Crippen molar-refractivity contribution in [1.82, 2.24) is 4.57 Å². The summed E-state index contributed by atoms with van der Waals surface area (Å²) >= 11 is 3.48. The smallest absolute Gasteiger partial charge is 0.271 e. The van der Waals surface area contributed by atoms with Crippen molar-refractivity contribution in [1.29, 1.82) is 0 Å². The Balaban J connectivity index is 1.33. The van der Waals surface area contributed by atoms with E-state index >= 15 is 0 Å². The van der Waals surface area contributed by atoms with E-state index in [9.17, 15) is 13.6 Å². The van der Waals surface area contributed by atoms with Crippen molar-refractivity contribution >= 4 is 45.7 Å². The quantitative estimate of drug-likeness (QED) is 0.182. The van der Waals surface area contributed by atoms with E-state index in [4.69, 9.17) is 14.5 Å². The Labute approximate surface area is 269 Å². The minimum Gasteiger partial charge on any atom is -0.493 e. The zero-order valence-corrected chi connectivity index (χ0v) is 26.5. The number of rotatable bonds is 6. The van der Waals surface area contributed by atoms with Crippen LogP contribution in [0.5, 0.6) is 11.5 Å². The summed E-state index contributed by atoms with van der Waals surface area (Å²) in [7, 11) is 1.55. The zero-order valence-electron chi connectivity index (χ0n) is 23.5. The fourth-order valence-electron chi connectivity index (χ4n) is 5.85. The van der Waals surface area contributed by atoms with Crippen LogP contribution >= 0.6 is 33.9 Å². The minimum atomic E-state index is -0.388. The van der Waals surface area contributed by atoms with Gasteiger partial charge < -0.3 is 9.47 Å². The Hall–Kier alpha value is -4.09. The van der Waals surface area contributed by atoms with Crippen molar-refractivity contribution in [2.24, 2.45) is 4.99 Å². The third kappa shape index (κ3) is 5.17. The number of hydrogen-bond acceptors (Lipinski definition) is 5. The van der Waals surface area contributed by atoms with Gasteiger partial charge in [0.2, 0.25) is 0 Å². The summed E-state index contributed by atoms with van der Waals surface area (Å²) in [5.41, 5.74) is 6.12. The van der Waals surface area contributed by atoms with Crippen molar-refractivity contribution in [3.05, 3.63) is 153 Å². The van der Waals surface area contributed by atoms with Gasteiger partial charge in [-0.25, -0.2) is 13.8 Å². The Morgan fingerprint density at radius 1 is 1.02 bits per heavy atom. The molecule has 44 heavy (non-hydrogen) atoms. The first kappa shape index (κ1) is 28.7. The van der Waals surface area contributed by atoms with Crippen molar-refractivity contribution in [2.45, 2.75) is 25.5 Å². The fraction of sp³-hybridized carbons (Fsp3) is 0.143. The van der Waals surface area contributed by atoms with Gasteiger partial charge >= 0.3 is 0 Å². The van der Waals surface area contributed by atoms with Crippen LogP contribution < -0.4 is 24.4 Å². The third-order valence-corrected chi connectivity index (χ3v) is 9.72. The highest BCUT2D eigenvalue weighted by Gasteiger charge is 2.32. The molecule has 9 heteroatoms. The van der Waals surface area contributed by atoms with E-state index in [2.05, 4.69) is 34.7 Å². The van der Waals surface area contributed by atoms with Gasteiger partial charge in [0, 0.05) is 11.1 Å². The number of aromatic nitrogens is 1. The second-order valence-corrected chi connectivity index (χ2v) is 12.8. The van der Waals surface area contributed by atoms with Gasteiger partial charge in [0.1, 0.15) is 18.2 Å². The van der Waals surface area contributed by atoms with Gasteiger partial charge in [0.25, 0.3) is 5.56 Å². The molecule has 0 amide bonds. The molecule has 1 aliphatic carbocycles. The number of fused-ring (bicyclic) bond motifs is 3. The van der Waals surface area contributed by atoms with Crippen LogP contribution in [0.4, 0.5) is 8.78 Å². The highest BCUT2D eigenvalue weighted by atomic mass is 127. The van der Waals surface area contributed by atoms with Crippen LogP contribution in [0, 0.1) is 15.2 Å². The number of nitrogens with zero attached hydrogens (tertiary/aromatic N) is 2. The molecule has 5 nitrogen and oxygen atoms in total. The fourth-order valence-corrected chi connectivity index (χ4v) is 7.63. The molecule has 0 unspecified atom stereocenters. The first-order valence-electron chi connectivity index (χ1n) is 14.0. The van der Waals surface area contributed by atoms with E-state index in [0.717, 1.165) is 44.4 Å². The lowest BCUT2D eigenvalue weighted by atomic mass is 9.83. The molecular weight excluding hydrogens is 693 g/mol. The highest BCUT2D eigenvalue weighted by molar-refractivity contribution is 14.1. The van der Waals surface area contributed by atoms with Crippen LogP contribution in [0.3, 0.4) is 0 Å². The number of methoxy groups -OCH3 is 1. The normalized spacial score (nSPS) is 15.7. The van der Waals surface area contributed by atoms with Gasteiger partial charge in [-0.2, -0.15) is 0 Å². The highest BCUT2D eigenvalue weighted by Crippen LogP contribution is 2.41. The van der Waals surface area contributed by atoms with Crippen molar-refractivity contribution < 1.29 is 18.3 Å². The lowest BCUT2D eigenvalue weighted by molar-refractivity contribution is 0.277. The Morgan fingerprint density at radius 2 is 1.80 bits per heavy atom. The SMILES string of the molecule is COc1cc(/C=c2/sc3n(c2=O)[C@@H](c2ccc(F)cc2)C2=C(N=3)c3ccccc3CC2)cc(I)c1OCc1ccccc1F. The standard InChI is InChI=1S/C35H25F2IN2O3S/c1-42-29-17-20(16-28(38)33(29)43-19-23-7-3-5-9-27(23)37)18-30-34(41)40-32(22-10-13-24(36)14-11-22)26-15-12-21-6-2-4-8-25(21)31(26)39-35(40)44-30/h2-11,13-14,16-18,32H,12,15,19H2,1H3/b30-18+/t32-/m0/s1. The summed E-state index contributed by atoms with van der Waals surface area (Å²) in [6.45, 7) is 0.0498. The first-order valence-corrected chi connectivity index (χ1v) is 15.9. The topological polar surface area (TPSA) is 52.8 Å². The van der Waals surface area contributed by atoms with Gasteiger partial charge in [-0.1, -0.05) is 65.9 Å². The number of allylic oxidation sites excluding steroid dienone is 1. The summed E-state index contributed by atoms with van der Waals surface area (Å²) < 4.78 is 42.7. The van der Waals surface area contributed by atoms with Crippen LogP contribution in [0.25, 0.3) is 11.8 Å². The molecule has 7 rings (SSSR count). The molecule has 1 atom stereocenters. The molecule has 0 N–H and O–H groups in total. The summed E-state index contributed by atoms with van der Waals surface area (Å²) in [4.78, 5) is 19.7. The van der Waals surface area contributed by atoms with E-state index in [1.54, 1.807) is 48.1 Å². The van der Waals surface area contributed by atoms with Crippen molar-refractivity contribution in [3.63, 3.8) is 0 Å². The number of hydrogen-bond donors (Lipinski definition) is 0. The Morgan fingerprint density at radius 3 is 2.59 bits per heavy atom. The summed E-state index contributed by atoms with van der Waals surface area (Å²) in [5, 5.41) is 0. The Kier molecular flexibility index (Phi) is 7.67. The predicted molar refractivity (Wildman–Crippen MR) is 176 cm³/mol. The second-order valence-electron chi connectivity index (χ2n) is 10.6. The maximum Gasteiger partial charge on any atom is 0.271 e. The number of benzene rings is 4. The third-order valence-electron chi connectivity index (χ3n) is 7.94. The summed E-state index contributed by atoms with van der Waals surface area (Å²) in [6, 6.07) is 24.4. The molecule has 0 saturated heterocycles. The van der Waals surface area contributed by atoms with Crippen LogP contribution in [0.1, 0.15) is 40.3 Å². The van der Waals surface area contributed by atoms with Crippen LogP contribution in [0.2, 0.25) is 0 Å². The van der Waals surface area contributed by atoms with E-state index < -0.39 is 0 Å². The second kappa shape index (κ2) is 11.8.